The van der Waals surface area contributed by atoms with Gasteiger partial charge in [0.05, 0.1) is 12.3 Å². The van der Waals surface area contributed by atoms with Gasteiger partial charge in [0.15, 0.2) is 5.13 Å². The average molecular weight is 243 g/mol. The molecule has 0 fully saturated rings. The van der Waals surface area contributed by atoms with Crippen LogP contribution in [0, 0.1) is 6.92 Å². The Hall–Kier alpha value is -0.980. The van der Waals surface area contributed by atoms with E-state index in [4.69, 9.17) is 10.5 Å². The maximum Gasteiger partial charge on any atom is 0.248 e. The van der Waals surface area contributed by atoms with Crippen LogP contribution in [0.25, 0.3) is 0 Å². The van der Waals surface area contributed by atoms with Crippen molar-refractivity contribution in [3.05, 3.63) is 11.1 Å². The number of carbonyl (C=O) groups is 1. The summed E-state index contributed by atoms with van der Waals surface area (Å²) < 4.78 is 4.87. The number of hydrogen-bond donors (Lipinski definition) is 1. The van der Waals surface area contributed by atoms with Crippen molar-refractivity contribution in [2.45, 2.75) is 19.9 Å². The maximum absolute atomic E-state index is 12.0. The molecule has 1 aromatic rings. The summed E-state index contributed by atoms with van der Waals surface area (Å²) in [6.45, 7) is 4.57. The normalized spacial score (nSPS) is 12.5. The summed E-state index contributed by atoms with van der Waals surface area (Å²) in [5, 5.41) is 2.60. The third-order valence-corrected chi connectivity index (χ3v) is 3.06. The monoisotopic (exact) mass is 243 g/mol. The molecule has 5 nitrogen and oxygen atoms in total. The molecule has 1 rings (SSSR count). The van der Waals surface area contributed by atoms with Gasteiger partial charge in [-0.15, -0.1) is 11.3 Å². The van der Waals surface area contributed by atoms with E-state index < -0.39 is 6.04 Å². The number of nitrogens with two attached hydrogens (primary N) is 1. The number of nitrogens with zero attached hydrogens (tertiary/aromatic N) is 2. The van der Waals surface area contributed by atoms with Crippen LogP contribution in [0.15, 0.2) is 5.38 Å². The molecule has 1 amide bonds. The van der Waals surface area contributed by atoms with Crippen LogP contribution in [-0.2, 0) is 9.53 Å². The minimum Gasteiger partial charge on any atom is -0.383 e. The van der Waals surface area contributed by atoms with Gasteiger partial charge >= 0.3 is 0 Å². The van der Waals surface area contributed by atoms with Gasteiger partial charge in [0.25, 0.3) is 0 Å². The Kier molecular flexibility index (Phi) is 4.85. The Labute approximate surface area is 99.2 Å². The van der Waals surface area contributed by atoms with Gasteiger partial charge in [0, 0.05) is 19.0 Å². The third kappa shape index (κ3) is 3.01. The second kappa shape index (κ2) is 5.93. The summed E-state index contributed by atoms with van der Waals surface area (Å²) in [4.78, 5) is 17.8. The topological polar surface area (TPSA) is 68.5 Å². The molecule has 1 atom stereocenters. The van der Waals surface area contributed by atoms with Crippen molar-refractivity contribution in [2.24, 2.45) is 5.73 Å². The molecule has 0 radical (unpaired) electrons. The van der Waals surface area contributed by atoms with Crippen molar-refractivity contribution < 1.29 is 9.53 Å². The van der Waals surface area contributed by atoms with Gasteiger partial charge in [0.2, 0.25) is 5.91 Å². The minimum absolute atomic E-state index is 0.154. The van der Waals surface area contributed by atoms with Crippen molar-refractivity contribution in [3.8, 4) is 0 Å². The van der Waals surface area contributed by atoms with Gasteiger partial charge in [-0.05, 0) is 13.8 Å². The standard InChI is InChI=1S/C10H17N3O2S/c1-4-13(9(14)8(11)5-15-3)10-12-7(2)6-16-10/h6,8H,4-5,11H2,1-3H3. The number of anilines is 1. The Morgan fingerprint density at radius 1 is 1.75 bits per heavy atom. The van der Waals surface area contributed by atoms with E-state index in [-0.39, 0.29) is 12.5 Å². The number of rotatable bonds is 5. The van der Waals surface area contributed by atoms with E-state index in [2.05, 4.69) is 4.98 Å². The second-order valence-corrected chi connectivity index (χ2v) is 4.25. The van der Waals surface area contributed by atoms with E-state index in [9.17, 15) is 4.79 Å². The van der Waals surface area contributed by atoms with Crippen molar-refractivity contribution in [3.63, 3.8) is 0 Å². The number of likely N-dealkylation sites (N-methyl/N-ethyl adjacent to an activating group) is 1. The van der Waals surface area contributed by atoms with Crippen molar-refractivity contribution in [1.29, 1.82) is 0 Å². The van der Waals surface area contributed by atoms with E-state index in [1.807, 2.05) is 19.2 Å². The highest BCUT2D eigenvalue weighted by atomic mass is 32.1. The molecule has 0 spiro atoms. The van der Waals surface area contributed by atoms with Gasteiger partial charge in [0.1, 0.15) is 6.04 Å². The fraction of sp³-hybridized carbons (Fsp3) is 0.600. The largest absolute Gasteiger partial charge is 0.383 e. The summed E-state index contributed by atoms with van der Waals surface area (Å²) in [5.74, 6) is -0.154. The van der Waals surface area contributed by atoms with Gasteiger partial charge in [-0.1, -0.05) is 0 Å². The molecule has 0 saturated heterocycles. The molecule has 16 heavy (non-hydrogen) atoms. The van der Waals surface area contributed by atoms with Crippen LogP contribution in [0.3, 0.4) is 0 Å². The number of methoxy groups -OCH3 is 1. The number of amides is 1. The Morgan fingerprint density at radius 2 is 2.44 bits per heavy atom. The number of carbonyl (C=O) groups excluding carboxylic acids is 1. The third-order valence-electron chi connectivity index (χ3n) is 2.08. The van der Waals surface area contributed by atoms with Crippen LogP contribution in [0.2, 0.25) is 0 Å². The Balaban J connectivity index is 2.78. The molecule has 0 bridgehead atoms. The fourth-order valence-electron chi connectivity index (χ4n) is 1.30. The molecule has 90 valence electrons. The van der Waals surface area contributed by atoms with Crippen LogP contribution in [0.1, 0.15) is 12.6 Å². The molecule has 0 aliphatic heterocycles. The van der Waals surface area contributed by atoms with E-state index in [0.29, 0.717) is 11.7 Å². The molecule has 2 N–H and O–H groups in total. The SMILES string of the molecule is CCN(C(=O)C(N)COC)c1nc(C)cs1. The van der Waals surface area contributed by atoms with Crippen molar-refractivity contribution >= 4 is 22.4 Å². The van der Waals surface area contributed by atoms with Gasteiger partial charge in [-0.25, -0.2) is 4.98 Å². The van der Waals surface area contributed by atoms with Crippen LogP contribution >= 0.6 is 11.3 Å². The quantitative estimate of drug-likeness (QED) is 0.829. The Bertz CT molecular complexity index is 354. The van der Waals surface area contributed by atoms with Gasteiger partial charge in [-0.3, -0.25) is 9.69 Å². The fourth-order valence-corrected chi connectivity index (χ4v) is 2.17. The molecular formula is C10H17N3O2S. The van der Waals surface area contributed by atoms with E-state index in [0.717, 1.165) is 5.69 Å². The van der Waals surface area contributed by atoms with Crippen molar-refractivity contribution in [2.75, 3.05) is 25.2 Å². The number of hydrogen-bond acceptors (Lipinski definition) is 5. The van der Waals surface area contributed by atoms with Crippen LogP contribution < -0.4 is 10.6 Å². The van der Waals surface area contributed by atoms with Crippen LogP contribution in [0.4, 0.5) is 5.13 Å². The first kappa shape index (κ1) is 13.1. The summed E-state index contributed by atoms with van der Waals surface area (Å²) in [7, 11) is 1.52. The number of aromatic nitrogens is 1. The lowest BCUT2D eigenvalue weighted by Gasteiger charge is -2.21. The van der Waals surface area contributed by atoms with Gasteiger partial charge < -0.3 is 10.5 Å². The first-order valence-corrected chi connectivity index (χ1v) is 5.96. The predicted molar refractivity (Wildman–Crippen MR) is 64.7 cm³/mol. The van der Waals surface area contributed by atoms with Crippen LogP contribution in [0.5, 0.6) is 0 Å². The summed E-state index contributed by atoms with van der Waals surface area (Å²) >= 11 is 1.44. The molecule has 1 aromatic heterocycles. The molecule has 0 aromatic carbocycles. The summed E-state index contributed by atoms with van der Waals surface area (Å²) in [6, 6.07) is -0.630. The van der Waals surface area contributed by atoms with E-state index in [1.165, 1.54) is 18.4 Å². The molecule has 0 aliphatic rings. The summed E-state index contributed by atoms with van der Waals surface area (Å²) in [6.07, 6.45) is 0. The highest BCUT2D eigenvalue weighted by Crippen LogP contribution is 2.20. The smallest absolute Gasteiger partial charge is 0.248 e. The molecular weight excluding hydrogens is 226 g/mol. The zero-order valence-electron chi connectivity index (χ0n) is 9.77. The summed E-state index contributed by atoms with van der Waals surface area (Å²) in [5.41, 5.74) is 6.62. The molecule has 1 heterocycles. The predicted octanol–water partition coefficient (Wildman–Crippen LogP) is 0.778. The van der Waals surface area contributed by atoms with Crippen molar-refractivity contribution in [1.82, 2.24) is 4.98 Å². The molecule has 0 saturated carbocycles. The molecule has 1 unspecified atom stereocenters. The zero-order valence-corrected chi connectivity index (χ0v) is 10.6. The minimum atomic E-state index is -0.630. The van der Waals surface area contributed by atoms with Crippen LogP contribution in [-0.4, -0.2) is 37.2 Å². The number of ether oxygens (including phenoxy) is 1. The number of aryl methyl sites for hydroxylation is 1. The highest BCUT2D eigenvalue weighted by Gasteiger charge is 2.22. The number of thiazole rings is 1. The lowest BCUT2D eigenvalue weighted by Crippen LogP contribution is -2.46. The first-order valence-electron chi connectivity index (χ1n) is 5.08. The lowest BCUT2D eigenvalue weighted by molar-refractivity contribution is -0.120. The molecule has 6 heteroatoms. The highest BCUT2D eigenvalue weighted by molar-refractivity contribution is 7.14. The van der Waals surface area contributed by atoms with Gasteiger partial charge in [-0.2, -0.15) is 0 Å². The second-order valence-electron chi connectivity index (χ2n) is 3.42. The maximum atomic E-state index is 12.0. The lowest BCUT2D eigenvalue weighted by atomic mass is 10.3. The first-order chi connectivity index (χ1) is 7.60. The molecule has 0 aliphatic carbocycles. The average Bonchev–Trinajstić information content (AvgIpc) is 2.66. The van der Waals surface area contributed by atoms with E-state index >= 15 is 0 Å². The zero-order chi connectivity index (χ0) is 12.1. The van der Waals surface area contributed by atoms with E-state index in [1.54, 1.807) is 4.90 Å². The Morgan fingerprint density at radius 3 is 2.88 bits per heavy atom.